The number of benzene rings is 8. The van der Waals surface area contributed by atoms with Crippen molar-refractivity contribution >= 4 is 66.0 Å². The lowest BCUT2D eigenvalue weighted by Crippen LogP contribution is -2.09. The molecule has 0 N–H and O–H groups in total. The van der Waals surface area contributed by atoms with Crippen LogP contribution in [0.25, 0.3) is 16.7 Å². The van der Waals surface area contributed by atoms with Crippen LogP contribution in [0.3, 0.4) is 0 Å². The molecule has 0 aliphatic heterocycles. The van der Waals surface area contributed by atoms with Crippen LogP contribution in [0.5, 0.6) is 0 Å². The van der Waals surface area contributed by atoms with Gasteiger partial charge in [0.2, 0.25) is 0 Å². The maximum absolute atomic E-state index is 13.4. The fourth-order valence-corrected chi connectivity index (χ4v) is 8.45. The molecule has 8 aromatic rings. The molecule has 424 valence electrons. The molecule has 0 radical (unpaired) electrons. The smallest absolute Gasteiger partial charge is 0.193 e. The Morgan fingerprint density at radius 1 is 0.305 bits per heavy atom. The summed E-state index contributed by atoms with van der Waals surface area (Å²) in [6.07, 6.45) is 8.00. The van der Waals surface area contributed by atoms with Crippen LogP contribution < -0.4 is 19.6 Å². The molecule has 0 saturated carbocycles. The van der Waals surface area contributed by atoms with Gasteiger partial charge in [-0.05, 0) is 201 Å². The molecule has 0 atom stereocenters. The summed E-state index contributed by atoms with van der Waals surface area (Å²) in [5.41, 5.74) is 20.6. The van der Waals surface area contributed by atoms with Crippen molar-refractivity contribution in [2.75, 3.05) is 76.0 Å². The molecule has 82 heavy (non-hydrogen) atoms. The summed E-state index contributed by atoms with van der Waals surface area (Å²) in [5, 5.41) is 0. The van der Waals surface area contributed by atoms with E-state index in [-0.39, 0.29) is 17.3 Å². The van der Waals surface area contributed by atoms with E-state index in [0.29, 0.717) is 5.56 Å². The first-order valence-electron chi connectivity index (χ1n) is 26.1. The largest absolute Gasteiger partial charge is 0.378 e. The van der Waals surface area contributed by atoms with Crippen molar-refractivity contribution in [1.82, 2.24) is 0 Å². The topological polar surface area (TPSA) is 115 Å². The Morgan fingerprint density at radius 2 is 0.524 bits per heavy atom. The molecular weight excluding hydrogens is 1020 g/mol. The minimum atomic E-state index is 0.0392. The van der Waals surface area contributed by atoms with E-state index < -0.39 is 0 Å². The van der Waals surface area contributed by atoms with Crippen molar-refractivity contribution in [3.05, 3.63) is 254 Å². The van der Waals surface area contributed by atoms with Gasteiger partial charge in [-0.1, -0.05) is 78.4 Å². The summed E-state index contributed by atoms with van der Waals surface area (Å²) in [6, 6.07) is 56.2. The van der Waals surface area contributed by atoms with Gasteiger partial charge in [-0.25, -0.2) is 0 Å². The van der Waals surface area contributed by atoms with Crippen molar-refractivity contribution in [2.24, 2.45) is 0 Å². The Hall–Kier alpha value is -9.72. The van der Waals surface area contributed by atoms with E-state index in [4.69, 9.17) is 14.4 Å². The van der Waals surface area contributed by atoms with Gasteiger partial charge < -0.3 is 34.0 Å². The zero-order valence-corrected chi connectivity index (χ0v) is 50.4. The molecule has 8 rings (SSSR count). The SMILES string of the molecule is C#C.C=C(c1ccc(N(C)C)cc1)c1cc(-c2ccc(C)c(C(=O)c3ccc(N(C)C)cc3)c2)ccc1C.C=O.C=O.C=O.Cc1ccc(C)c(C(=O)c2ccc(N(C)C)cc2)c1.Cc1ccc(C)c(C(=O)c2ccc(N(C)C)cc2)c1. The molecule has 10 heteroatoms. The van der Waals surface area contributed by atoms with Crippen molar-refractivity contribution in [3.8, 4) is 24.0 Å². The van der Waals surface area contributed by atoms with Crippen LogP contribution in [0.2, 0.25) is 0 Å². The number of carbonyl (C=O) groups excluding carboxylic acids is 6. The number of nitrogens with zero attached hydrogens (tertiary/aromatic N) is 4. The van der Waals surface area contributed by atoms with Crippen molar-refractivity contribution < 1.29 is 28.8 Å². The van der Waals surface area contributed by atoms with Crippen LogP contribution in [0, 0.1) is 54.4 Å². The summed E-state index contributed by atoms with van der Waals surface area (Å²) < 4.78 is 0. The summed E-state index contributed by atoms with van der Waals surface area (Å²) in [4.78, 5) is 70.5. The third-order valence-electron chi connectivity index (χ3n) is 13.3. The van der Waals surface area contributed by atoms with Crippen LogP contribution >= 0.6 is 0 Å². The molecule has 0 unspecified atom stereocenters. The van der Waals surface area contributed by atoms with Crippen LogP contribution in [0.4, 0.5) is 22.7 Å². The maximum Gasteiger partial charge on any atom is 0.193 e. The summed E-state index contributed by atoms with van der Waals surface area (Å²) in [5.74, 6) is 0.218. The Bertz CT molecular complexity index is 3160. The number of carbonyl (C=O) groups is 6. The van der Waals surface area contributed by atoms with Crippen LogP contribution in [0.15, 0.2) is 176 Å². The number of ketones is 3. The fraction of sp³-hybridized carbons (Fsp3) is 0.194. The summed E-state index contributed by atoms with van der Waals surface area (Å²) in [6.45, 7) is 22.5. The zero-order valence-electron chi connectivity index (χ0n) is 50.4. The van der Waals surface area contributed by atoms with Crippen LogP contribution in [0.1, 0.15) is 92.3 Å². The number of terminal acetylenes is 1. The van der Waals surface area contributed by atoms with E-state index in [2.05, 4.69) is 79.8 Å². The quantitative estimate of drug-likeness (QED) is 0.0816. The number of hydrogen-bond donors (Lipinski definition) is 0. The average molecular weight is 1100 g/mol. The zero-order chi connectivity index (χ0) is 62.0. The first-order valence-corrected chi connectivity index (χ1v) is 26.1. The van der Waals surface area contributed by atoms with Crippen molar-refractivity contribution in [3.63, 3.8) is 0 Å². The van der Waals surface area contributed by atoms with Gasteiger partial charge in [-0.15, -0.1) is 12.8 Å². The van der Waals surface area contributed by atoms with Crippen molar-refractivity contribution in [2.45, 2.75) is 41.5 Å². The van der Waals surface area contributed by atoms with Gasteiger partial charge in [-0.3, -0.25) is 14.4 Å². The maximum atomic E-state index is 13.4. The third kappa shape index (κ3) is 18.7. The molecule has 0 aliphatic carbocycles. The molecule has 0 saturated heterocycles. The molecule has 0 aliphatic rings. The Kier molecular flexibility index (Phi) is 28.1. The van der Waals surface area contributed by atoms with E-state index >= 15 is 0 Å². The molecule has 0 fully saturated rings. The lowest BCUT2D eigenvalue weighted by molar-refractivity contribution is -0.0987. The van der Waals surface area contributed by atoms with Crippen LogP contribution in [-0.2, 0) is 14.4 Å². The molecule has 0 aromatic heterocycles. The molecule has 0 bridgehead atoms. The highest BCUT2D eigenvalue weighted by atomic mass is 16.1. The fourth-order valence-electron chi connectivity index (χ4n) is 8.45. The minimum absolute atomic E-state index is 0.0392. The molecule has 0 heterocycles. The molecule has 0 spiro atoms. The number of anilines is 4. The molecule has 8 aromatic carbocycles. The van der Waals surface area contributed by atoms with E-state index in [9.17, 15) is 14.4 Å². The van der Waals surface area contributed by atoms with Gasteiger partial charge >= 0.3 is 0 Å². The molecule has 0 amide bonds. The van der Waals surface area contributed by atoms with E-state index in [0.717, 1.165) is 106 Å². The normalized spacial score (nSPS) is 9.66. The Balaban J connectivity index is 0.000000424. The standard InChI is InChI=1S/C33H34N2O.2C17H19NO.C2H2.3CH2O/c1-22-8-10-27(20-31(22)24(3)25-12-16-29(17-13-25)34(4)5)28-11-9-23(2)32(21-28)33(36)26-14-18-30(19-15-26)35(6)7;2*1-12-5-6-13(2)16(11-12)17(19)14-7-9-15(10-8-14)18(3)4;4*1-2/h8-21H,3H2,1-2,4-7H3;2*5-11H,1-4H3;1-2H;3*1H2. The predicted molar refractivity (Wildman–Crippen MR) is 346 cm³/mol. The average Bonchev–Trinajstić information content (AvgIpc) is 3.63. The van der Waals surface area contributed by atoms with Gasteiger partial charge in [-0.2, -0.15) is 0 Å². The van der Waals surface area contributed by atoms with Gasteiger partial charge in [0.25, 0.3) is 0 Å². The Morgan fingerprint density at radius 3 is 0.793 bits per heavy atom. The van der Waals surface area contributed by atoms with E-state index in [1.54, 1.807) is 0 Å². The highest BCUT2D eigenvalue weighted by Gasteiger charge is 2.17. The number of hydrogen-bond acceptors (Lipinski definition) is 10. The number of rotatable bonds is 13. The van der Waals surface area contributed by atoms with Gasteiger partial charge in [0.15, 0.2) is 17.3 Å². The van der Waals surface area contributed by atoms with Crippen molar-refractivity contribution in [1.29, 1.82) is 0 Å². The van der Waals surface area contributed by atoms with Gasteiger partial charge in [0.1, 0.15) is 20.4 Å². The highest BCUT2D eigenvalue weighted by Crippen LogP contribution is 2.32. The van der Waals surface area contributed by atoms with Crippen LogP contribution in [-0.4, -0.2) is 94.1 Å². The summed E-state index contributed by atoms with van der Waals surface area (Å²) in [7, 11) is 16.0. The monoisotopic (exact) mass is 1100 g/mol. The second-order valence-corrected chi connectivity index (χ2v) is 19.9. The molecule has 10 nitrogen and oxygen atoms in total. The second kappa shape index (κ2) is 33.7. The number of aryl methyl sites for hydroxylation is 6. The first kappa shape index (κ1) is 68.4. The predicted octanol–water partition coefficient (Wildman–Crippen LogP) is 14.3. The van der Waals surface area contributed by atoms with E-state index in [1.807, 2.05) is 247 Å². The summed E-state index contributed by atoms with van der Waals surface area (Å²) >= 11 is 0. The molecular formula is C72H80N4O6. The second-order valence-electron chi connectivity index (χ2n) is 19.9. The van der Waals surface area contributed by atoms with Gasteiger partial charge in [0, 0.05) is 113 Å². The Labute approximate surface area is 488 Å². The minimum Gasteiger partial charge on any atom is -0.378 e. The first-order chi connectivity index (χ1) is 39.1. The lowest BCUT2D eigenvalue weighted by Gasteiger charge is -2.16. The highest BCUT2D eigenvalue weighted by molar-refractivity contribution is 6.11. The third-order valence-corrected chi connectivity index (χ3v) is 13.3. The van der Waals surface area contributed by atoms with E-state index in [1.165, 1.54) is 5.56 Å². The van der Waals surface area contributed by atoms with Gasteiger partial charge in [0.05, 0.1) is 0 Å². The lowest BCUT2D eigenvalue weighted by atomic mass is 9.90.